The predicted octanol–water partition coefficient (Wildman–Crippen LogP) is 2.75. The lowest BCUT2D eigenvalue weighted by Crippen LogP contribution is -2.14. The van der Waals surface area contributed by atoms with Crippen LogP contribution in [0.1, 0.15) is 19.4 Å². The highest BCUT2D eigenvalue weighted by Crippen LogP contribution is 2.30. The fraction of sp³-hybridized carbons (Fsp3) is 0.250. The number of nitriles is 1. The van der Waals surface area contributed by atoms with Gasteiger partial charge in [0, 0.05) is 0 Å². The van der Waals surface area contributed by atoms with Crippen molar-refractivity contribution in [3.63, 3.8) is 0 Å². The van der Waals surface area contributed by atoms with E-state index in [1.807, 2.05) is 0 Å². The van der Waals surface area contributed by atoms with Gasteiger partial charge in [-0.2, -0.15) is 5.26 Å². The largest absolute Gasteiger partial charge is 0.513 e. The van der Waals surface area contributed by atoms with E-state index in [1.54, 1.807) is 13.8 Å². The summed E-state index contributed by atoms with van der Waals surface area (Å²) in [6.45, 7) is 3.30. The molecular weight excluding hydrogens is 334 g/mol. The lowest BCUT2D eigenvalue weighted by atomic mass is 10.1. The van der Waals surface area contributed by atoms with Crippen LogP contribution in [-0.4, -0.2) is 36.6 Å². The molecule has 0 aliphatic rings. The Morgan fingerprint density at radius 3 is 2.12 bits per heavy atom. The summed E-state index contributed by atoms with van der Waals surface area (Å²) >= 11 is 0. The Bertz CT molecular complexity index is 732. The van der Waals surface area contributed by atoms with Crippen molar-refractivity contribution < 1.29 is 38.4 Å². The number of rotatable bonds is 6. The third-order valence-electron chi connectivity index (χ3n) is 2.54. The number of carboxylic acids is 1. The average Bonchev–Trinajstić information content (AvgIpc) is 2.55. The zero-order chi connectivity index (χ0) is 18.8. The number of ether oxygens (including phenoxy) is 4. The van der Waals surface area contributed by atoms with Crippen molar-refractivity contribution in [1.29, 1.82) is 5.26 Å². The first-order valence-corrected chi connectivity index (χ1v) is 7.09. The number of nitrogens with zero attached hydrogens (tertiary/aromatic N) is 1. The minimum Gasteiger partial charge on any atom is -0.477 e. The number of carbonyl (C=O) groups is 3. The molecule has 132 valence electrons. The van der Waals surface area contributed by atoms with Crippen LogP contribution in [0, 0.1) is 11.3 Å². The fourth-order valence-electron chi connectivity index (χ4n) is 1.56. The van der Waals surface area contributed by atoms with E-state index >= 15 is 0 Å². The average molecular weight is 349 g/mol. The molecule has 0 heterocycles. The van der Waals surface area contributed by atoms with Gasteiger partial charge in [0.05, 0.1) is 13.2 Å². The minimum atomic E-state index is -1.41. The maximum atomic E-state index is 11.5. The zero-order valence-electron chi connectivity index (χ0n) is 13.5. The molecule has 0 atom stereocenters. The molecule has 0 fully saturated rings. The van der Waals surface area contributed by atoms with Gasteiger partial charge in [-0.25, -0.2) is 14.4 Å². The molecule has 0 unspecified atom stereocenters. The van der Waals surface area contributed by atoms with Gasteiger partial charge in [0.2, 0.25) is 0 Å². The van der Waals surface area contributed by atoms with Crippen molar-refractivity contribution in [2.24, 2.45) is 0 Å². The van der Waals surface area contributed by atoms with Gasteiger partial charge < -0.3 is 24.1 Å². The molecule has 1 N–H and O–H groups in total. The predicted molar refractivity (Wildman–Crippen MR) is 83.0 cm³/mol. The summed E-state index contributed by atoms with van der Waals surface area (Å²) in [5, 5.41) is 17.7. The molecule has 25 heavy (non-hydrogen) atoms. The highest BCUT2D eigenvalue weighted by atomic mass is 16.7. The second-order valence-electron chi connectivity index (χ2n) is 4.25. The molecule has 9 heteroatoms. The molecule has 9 nitrogen and oxygen atoms in total. The van der Waals surface area contributed by atoms with Gasteiger partial charge >= 0.3 is 18.3 Å². The Labute approximate surface area is 143 Å². The van der Waals surface area contributed by atoms with E-state index in [4.69, 9.17) is 19.8 Å². The van der Waals surface area contributed by atoms with Gasteiger partial charge in [-0.05, 0) is 37.6 Å². The summed E-state index contributed by atoms with van der Waals surface area (Å²) in [6.07, 6.45) is -0.993. The smallest absolute Gasteiger partial charge is 0.477 e. The number of aliphatic carboxylic acids is 1. The van der Waals surface area contributed by atoms with E-state index in [0.717, 1.165) is 6.08 Å². The second-order valence-corrected chi connectivity index (χ2v) is 4.25. The standard InChI is InChI=1S/C16H15NO8/c1-3-22-15(20)24-12-6-5-10(7-11(9-17)14(18)19)8-13(12)25-16(21)23-4-2/h5-8H,3-4H2,1-2H3,(H,18,19). The van der Waals surface area contributed by atoms with Crippen LogP contribution in [0.2, 0.25) is 0 Å². The topological polar surface area (TPSA) is 132 Å². The first-order valence-electron chi connectivity index (χ1n) is 7.09. The molecule has 0 saturated heterocycles. The van der Waals surface area contributed by atoms with Gasteiger partial charge in [0.1, 0.15) is 11.6 Å². The van der Waals surface area contributed by atoms with E-state index in [0.29, 0.717) is 0 Å². The third-order valence-corrected chi connectivity index (χ3v) is 2.54. The van der Waals surface area contributed by atoms with E-state index < -0.39 is 23.9 Å². The molecular formula is C16H15NO8. The van der Waals surface area contributed by atoms with Gasteiger partial charge in [-0.15, -0.1) is 0 Å². The van der Waals surface area contributed by atoms with Crippen LogP contribution < -0.4 is 9.47 Å². The molecule has 0 aliphatic heterocycles. The van der Waals surface area contributed by atoms with Crippen LogP contribution >= 0.6 is 0 Å². The monoisotopic (exact) mass is 349 g/mol. The fourth-order valence-corrected chi connectivity index (χ4v) is 1.56. The molecule has 0 aromatic heterocycles. The summed E-state index contributed by atoms with van der Waals surface area (Å²) in [5.74, 6) is -1.76. The molecule has 0 amide bonds. The molecule has 1 aromatic rings. The van der Waals surface area contributed by atoms with Crippen molar-refractivity contribution in [3.8, 4) is 17.6 Å². The van der Waals surface area contributed by atoms with Crippen LogP contribution in [0.3, 0.4) is 0 Å². The highest BCUT2D eigenvalue weighted by molar-refractivity contribution is 5.96. The van der Waals surface area contributed by atoms with E-state index in [9.17, 15) is 14.4 Å². The van der Waals surface area contributed by atoms with E-state index in [2.05, 4.69) is 9.47 Å². The van der Waals surface area contributed by atoms with E-state index in [1.165, 1.54) is 24.3 Å². The van der Waals surface area contributed by atoms with Gasteiger partial charge in [-0.3, -0.25) is 0 Å². The maximum absolute atomic E-state index is 11.5. The van der Waals surface area contributed by atoms with Crippen molar-refractivity contribution in [2.75, 3.05) is 13.2 Å². The molecule has 0 spiro atoms. The minimum absolute atomic E-state index is 0.0596. The van der Waals surface area contributed by atoms with Crippen LogP contribution in [0.15, 0.2) is 23.8 Å². The number of benzene rings is 1. The summed E-state index contributed by atoms with van der Waals surface area (Å²) < 4.78 is 19.1. The molecule has 0 saturated carbocycles. The highest BCUT2D eigenvalue weighted by Gasteiger charge is 2.16. The summed E-state index contributed by atoms with van der Waals surface area (Å²) in [5.41, 5.74) is -0.296. The van der Waals surface area contributed by atoms with Crippen LogP contribution in [-0.2, 0) is 14.3 Å². The Hall–Kier alpha value is -3.54. The summed E-state index contributed by atoms with van der Waals surface area (Å²) in [6, 6.07) is 5.36. The Morgan fingerprint density at radius 2 is 1.64 bits per heavy atom. The number of hydrogen-bond acceptors (Lipinski definition) is 8. The van der Waals surface area contributed by atoms with Gasteiger partial charge in [-0.1, -0.05) is 6.07 Å². The number of carbonyl (C=O) groups excluding carboxylic acids is 2. The zero-order valence-corrected chi connectivity index (χ0v) is 13.5. The van der Waals surface area contributed by atoms with Crippen molar-refractivity contribution in [2.45, 2.75) is 13.8 Å². The van der Waals surface area contributed by atoms with Crippen LogP contribution in [0.5, 0.6) is 11.5 Å². The van der Waals surface area contributed by atoms with Crippen molar-refractivity contribution in [1.82, 2.24) is 0 Å². The normalized spacial score (nSPS) is 10.4. The van der Waals surface area contributed by atoms with Crippen LogP contribution in [0.25, 0.3) is 6.08 Å². The SMILES string of the molecule is CCOC(=O)Oc1ccc(C=C(C#N)C(=O)O)cc1OC(=O)OCC. The summed E-state index contributed by atoms with van der Waals surface area (Å²) in [7, 11) is 0. The van der Waals surface area contributed by atoms with Crippen LogP contribution in [0.4, 0.5) is 9.59 Å². The molecule has 1 rings (SSSR count). The first-order chi connectivity index (χ1) is 11.9. The molecule has 1 aromatic carbocycles. The second kappa shape index (κ2) is 9.57. The quantitative estimate of drug-likeness (QED) is 0.356. The molecule has 0 bridgehead atoms. The molecule has 0 radical (unpaired) electrons. The Balaban J connectivity index is 3.21. The van der Waals surface area contributed by atoms with E-state index in [-0.39, 0.29) is 30.3 Å². The number of carboxylic acid groups (broad SMARTS) is 1. The van der Waals surface area contributed by atoms with Crippen molar-refractivity contribution in [3.05, 3.63) is 29.3 Å². The Kier molecular flexibility index (Phi) is 7.46. The lowest BCUT2D eigenvalue weighted by Gasteiger charge is -2.11. The van der Waals surface area contributed by atoms with Gasteiger partial charge in [0.25, 0.3) is 0 Å². The summed E-state index contributed by atoms with van der Waals surface area (Å²) in [4.78, 5) is 33.8. The third kappa shape index (κ3) is 6.23. The van der Waals surface area contributed by atoms with Gasteiger partial charge in [0.15, 0.2) is 11.5 Å². The first kappa shape index (κ1) is 19.5. The Morgan fingerprint density at radius 1 is 1.08 bits per heavy atom. The van der Waals surface area contributed by atoms with Crippen molar-refractivity contribution >= 4 is 24.4 Å². The maximum Gasteiger partial charge on any atom is 0.513 e. The lowest BCUT2D eigenvalue weighted by molar-refractivity contribution is -0.132. The molecule has 0 aliphatic carbocycles. The number of hydrogen-bond donors (Lipinski definition) is 1.